The van der Waals surface area contributed by atoms with Crippen LogP contribution in [0.1, 0.15) is 20.4 Å². The minimum atomic E-state index is -3.69. The summed E-state index contributed by atoms with van der Waals surface area (Å²) in [6.45, 7) is 4.78. The van der Waals surface area contributed by atoms with Crippen LogP contribution in [0.4, 0.5) is 0 Å². The molecule has 1 aliphatic heterocycles. The van der Waals surface area contributed by atoms with E-state index in [9.17, 15) is 18.0 Å². The van der Waals surface area contributed by atoms with Crippen LogP contribution in [-0.2, 0) is 10.0 Å². The standard InChI is InChI=1S/C17H18N4O4S3/c1-10-15(26-11(2)18-10)16(22)20-5-7-21(8-6-20)28(24,25)12-3-4-13-14(9-12)27-17(23)19-13/h3-4,9H,5-8H2,1-2H3,(H,19,23). The van der Waals surface area contributed by atoms with Crippen LogP contribution in [0.5, 0.6) is 0 Å². The number of hydrogen-bond acceptors (Lipinski definition) is 7. The maximum atomic E-state index is 13.0. The SMILES string of the molecule is Cc1nc(C)c(C(=O)N2CCN(S(=O)(=O)c3ccc4[nH]c(=O)sc4c3)CC2)s1. The van der Waals surface area contributed by atoms with Crippen molar-refractivity contribution < 1.29 is 13.2 Å². The largest absolute Gasteiger partial charge is 0.335 e. The van der Waals surface area contributed by atoms with Gasteiger partial charge in [-0.15, -0.1) is 11.3 Å². The number of carbonyl (C=O) groups excluding carboxylic acids is 1. The van der Waals surface area contributed by atoms with E-state index in [2.05, 4.69) is 9.97 Å². The summed E-state index contributed by atoms with van der Waals surface area (Å²) in [5.41, 5.74) is 1.33. The number of piperazine rings is 1. The van der Waals surface area contributed by atoms with Crippen molar-refractivity contribution in [2.24, 2.45) is 0 Å². The number of nitrogens with one attached hydrogen (secondary N) is 1. The average molecular weight is 439 g/mol. The van der Waals surface area contributed by atoms with Gasteiger partial charge in [0.25, 0.3) is 5.91 Å². The third kappa shape index (κ3) is 3.39. The number of amides is 1. The molecular weight excluding hydrogens is 420 g/mol. The Kier molecular flexibility index (Phi) is 4.86. The molecule has 0 saturated carbocycles. The summed E-state index contributed by atoms with van der Waals surface area (Å²) in [6.07, 6.45) is 0. The van der Waals surface area contributed by atoms with E-state index in [1.807, 2.05) is 13.8 Å². The second-order valence-electron chi connectivity index (χ2n) is 6.52. The molecule has 0 aliphatic carbocycles. The molecule has 0 atom stereocenters. The van der Waals surface area contributed by atoms with E-state index in [0.717, 1.165) is 16.3 Å². The zero-order chi connectivity index (χ0) is 20.1. The molecule has 3 heterocycles. The fourth-order valence-corrected chi connectivity index (χ4v) is 6.43. The Morgan fingerprint density at radius 3 is 2.50 bits per heavy atom. The third-order valence-corrected chi connectivity index (χ3v) is 8.45. The van der Waals surface area contributed by atoms with Gasteiger partial charge in [0.15, 0.2) is 0 Å². The Morgan fingerprint density at radius 1 is 1.14 bits per heavy atom. The smallest absolute Gasteiger partial charge is 0.305 e. The molecule has 1 aliphatic rings. The summed E-state index contributed by atoms with van der Waals surface area (Å²) in [5.74, 6) is -0.0985. The molecular formula is C17H18N4O4S3. The average Bonchev–Trinajstić information content (AvgIpc) is 3.20. The normalized spacial score (nSPS) is 16.0. The van der Waals surface area contributed by atoms with Gasteiger partial charge in [-0.2, -0.15) is 4.31 Å². The number of nitrogens with zero attached hydrogens (tertiary/aromatic N) is 3. The quantitative estimate of drug-likeness (QED) is 0.672. The van der Waals surface area contributed by atoms with E-state index in [-0.39, 0.29) is 28.8 Å². The molecule has 0 radical (unpaired) electrons. The molecule has 1 amide bonds. The number of aromatic amines is 1. The van der Waals surface area contributed by atoms with Crippen molar-refractivity contribution in [1.29, 1.82) is 0 Å². The first-order valence-electron chi connectivity index (χ1n) is 8.62. The lowest BCUT2D eigenvalue weighted by atomic mass is 10.3. The predicted octanol–water partition coefficient (Wildman–Crippen LogP) is 1.81. The van der Waals surface area contributed by atoms with Crippen molar-refractivity contribution in [3.05, 3.63) is 43.4 Å². The van der Waals surface area contributed by atoms with Gasteiger partial charge in [-0.1, -0.05) is 11.3 Å². The Bertz CT molecular complexity index is 1220. The van der Waals surface area contributed by atoms with E-state index in [1.165, 1.54) is 27.8 Å². The van der Waals surface area contributed by atoms with Gasteiger partial charge in [0.05, 0.1) is 25.8 Å². The van der Waals surface area contributed by atoms with Crippen molar-refractivity contribution >= 4 is 48.8 Å². The molecule has 1 fully saturated rings. The molecule has 2 aromatic heterocycles. The first kappa shape index (κ1) is 19.2. The number of fused-ring (bicyclic) bond motifs is 1. The first-order chi connectivity index (χ1) is 13.3. The van der Waals surface area contributed by atoms with Gasteiger partial charge in [-0.3, -0.25) is 9.59 Å². The lowest BCUT2D eigenvalue weighted by Crippen LogP contribution is -2.50. The van der Waals surface area contributed by atoms with E-state index >= 15 is 0 Å². The fourth-order valence-electron chi connectivity index (χ4n) is 3.24. The van der Waals surface area contributed by atoms with Crippen molar-refractivity contribution in [1.82, 2.24) is 19.2 Å². The van der Waals surface area contributed by atoms with Gasteiger partial charge in [0.1, 0.15) is 4.88 Å². The Balaban J connectivity index is 1.51. The Labute approximate surface area is 169 Å². The number of rotatable bonds is 3. The minimum Gasteiger partial charge on any atom is -0.335 e. The van der Waals surface area contributed by atoms with Crippen LogP contribution in [0.25, 0.3) is 10.2 Å². The van der Waals surface area contributed by atoms with E-state index in [0.29, 0.717) is 33.9 Å². The lowest BCUT2D eigenvalue weighted by Gasteiger charge is -2.33. The van der Waals surface area contributed by atoms with Crippen LogP contribution in [0.2, 0.25) is 0 Å². The molecule has 28 heavy (non-hydrogen) atoms. The van der Waals surface area contributed by atoms with E-state index in [4.69, 9.17) is 0 Å². The highest BCUT2D eigenvalue weighted by atomic mass is 32.2. The Hall–Kier alpha value is -2.08. The molecule has 0 unspecified atom stereocenters. The van der Waals surface area contributed by atoms with Crippen LogP contribution in [0.15, 0.2) is 27.9 Å². The minimum absolute atomic E-state index is 0.0985. The molecule has 0 bridgehead atoms. The van der Waals surface area contributed by atoms with Gasteiger partial charge in [-0.05, 0) is 32.0 Å². The topological polar surface area (TPSA) is 103 Å². The summed E-state index contributed by atoms with van der Waals surface area (Å²) >= 11 is 2.34. The van der Waals surface area contributed by atoms with Crippen LogP contribution < -0.4 is 4.87 Å². The molecule has 1 N–H and O–H groups in total. The summed E-state index contributed by atoms with van der Waals surface area (Å²) in [6, 6.07) is 4.63. The number of carbonyl (C=O) groups is 1. The van der Waals surface area contributed by atoms with Gasteiger partial charge >= 0.3 is 4.87 Å². The predicted molar refractivity (Wildman–Crippen MR) is 109 cm³/mol. The molecule has 8 nitrogen and oxygen atoms in total. The van der Waals surface area contributed by atoms with Crippen molar-refractivity contribution in [3.8, 4) is 0 Å². The highest BCUT2D eigenvalue weighted by Gasteiger charge is 2.31. The second-order valence-corrected chi connectivity index (χ2v) is 10.7. The summed E-state index contributed by atoms with van der Waals surface area (Å²) in [5, 5.41) is 0.838. The molecule has 3 aromatic rings. The number of aromatic nitrogens is 2. The number of H-pyrrole nitrogens is 1. The monoisotopic (exact) mass is 438 g/mol. The Morgan fingerprint density at radius 2 is 1.86 bits per heavy atom. The van der Waals surface area contributed by atoms with Crippen LogP contribution in [-0.4, -0.2) is 59.7 Å². The number of hydrogen-bond donors (Lipinski definition) is 1. The molecule has 4 rings (SSSR count). The van der Waals surface area contributed by atoms with Crippen LogP contribution >= 0.6 is 22.7 Å². The number of sulfonamides is 1. The zero-order valence-electron chi connectivity index (χ0n) is 15.3. The van der Waals surface area contributed by atoms with E-state index in [1.54, 1.807) is 11.0 Å². The summed E-state index contributed by atoms with van der Waals surface area (Å²) in [4.78, 5) is 33.3. The summed E-state index contributed by atoms with van der Waals surface area (Å²) in [7, 11) is -3.69. The number of aryl methyl sites for hydroxylation is 2. The fraction of sp³-hybridized carbons (Fsp3) is 0.353. The van der Waals surface area contributed by atoms with E-state index < -0.39 is 10.0 Å². The van der Waals surface area contributed by atoms with Gasteiger partial charge in [0.2, 0.25) is 10.0 Å². The second kappa shape index (κ2) is 7.07. The van der Waals surface area contributed by atoms with Gasteiger partial charge in [0, 0.05) is 26.2 Å². The summed E-state index contributed by atoms with van der Waals surface area (Å²) < 4.78 is 27.9. The highest BCUT2D eigenvalue weighted by Crippen LogP contribution is 2.24. The zero-order valence-corrected chi connectivity index (χ0v) is 17.7. The van der Waals surface area contributed by atoms with Gasteiger partial charge in [-0.25, -0.2) is 13.4 Å². The first-order valence-corrected chi connectivity index (χ1v) is 11.7. The molecule has 1 aromatic carbocycles. The maximum Gasteiger partial charge on any atom is 0.305 e. The van der Waals surface area contributed by atoms with Crippen molar-refractivity contribution in [2.45, 2.75) is 18.7 Å². The number of thiazole rings is 2. The number of benzene rings is 1. The van der Waals surface area contributed by atoms with Crippen LogP contribution in [0.3, 0.4) is 0 Å². The molecule has 0 spiro atoms. The molecule has 1 saturated heterocycles. The van der Waals surface area contributed by atoms with Crippen LogP contribution in [0, 0.1) is 13.8 Å². The molecule has 148 valence electrons. The highest BCUT2D eigenvalue weighted by molar-refractivity contribution is 7.89. The third-order valence-electron chi connectivity index (χ3n) is 4.65. The van der Waals surface area contributed by atoms with Gasteiger partial charge < -0.3 is 9.88 Å². The molecule has 11 heteroatoms. The lowest BCUT2D eigenvalue weighted by molar-refractivity contribution is 0.0702. The maximum absolute atomic E-state index is 13.0. The van der Waals surface area contributed by atoms with Crippen molar-refractivity contribution in [3.63, 3.8) is 0 Å². The van der Waals surface area contributed by atoms with Crippen molar-refractivity contribution in [2.75, 3.05) is 26.2 Å².